The van der Waals surface area contributed by atoms with Crippen LogP contribution in [0.25, 0.3) is 0 Å². The van der Waals surface area contributed by atoms with Crippen LogP contribution in [-0.2, 0) is 0 Å². The molecule has 0 saturated heterocycles. The van der Waals surface area contributed by atoms with Gasteiger partial charge in [-0.1, -0.05) is 0 Å². The molecule has 1 amide bonds. The van der Waals surface area contributed by atoms with Crippen LogP contribution in [0.4, 0.5) is 5.69 Å². The largest absolute Gasteiger partial charge is 0.438 e. The second kappa shape index (κ2) is 5.92. The molecule has 0 aliphatic carbocycles. The van der Waals surface area contributed by atoms with Crippen LogP contribution in [-0.4, -0.2) is 29.9 Å². The molecular formula is C14H14BrN3O2. The van der Waals surface area contributed by atoms with Gasteiger partial charge in [-0.15, -0.1) is 0 Å². The highest BCUT2D eigenvalue weighted by Gasteiger charge is 2.09. The summed E-state index contributed by atoms with van der Waals surface area (Å²) in [6, 6.07) is 8.58. The molecule has 1 aromatic heterocycles. The van der Waals surface area contributed by atoms with E-state index < -0.39 is 0 Å². The van der Waals surface area contributed by atoms with Gasteiger partial charge in [-0.05, 0) is 34.1 Å². The summed E-state index contributed by atoms with van der Waals surface area (Å²) in [6.45, 7) is 0. The van der Waals surface area contributed by atoms with E-state index in [0.717, 1.165) is 4.47 Å². The van der Waals surface area contributed by atoms with Crippen LogP contribution >= 0.6 is 15.9 Å². The Morgan fingerprint density at radius 2 is 2.05 bits per heavy atom. The molecule has 0 spiro atoms. The fourth-order valence-corrected chi connectivity index (χ4v) is 1.86. The molecule has 6 heteroatoms. The maximum atomic E-state index is 11.7. The van der Waals surface area contributed by atoms with E-state index in [0.29, 0.717) is 22.9 Å². The Kier molecular flexibility index (Phi) is 4.24. The monoisotopic (exact) mass is 335 g/mol. The van der Waals surface area contributed by atoms with Crippen molar-refractivity contribution in [2.75, 3.05) is 19.8 Å². The third kappa shape index (κ3) is 3.27. The predicted octanol–water partition coefficient (Wildman–Crippen LogP) is 2.92. The minimum atomic E-state index is -0.103. The van der Waals surface area contributed by atoms with Crippen molar-refractivity contribution in [3.63, 3.8) is 0 Å². The molecule has 1 aromatic carbocycles. The van der Waals surface area contributed by atoms with E-state index >= 15 is 0 Å². The fourth-order valence-electron chi connectivity index (χ4n) is 1.54. The average Bonchev–Trinajstić information content (AvgIpc) is 2.43. The first-order chi connectivity index (χ1) is 9.47. The number of anilines is 1. The van der Waals surface area contributed by atoms with Crippen molar-refractivity contribution in [2.45, 2.75) is 0 Å². The number of amides is 1. The Hall–Kier alpha value is -2.08. The Morgan fingerprint density at radius 3 is 2.65 bits per heavy atom. The van der Waals surface area contributed by atoms with E-state index in [1.54, 1.807) is 44.4 Å². The lowest BCUT2D eigenvalue weighted by molar-refractivity contribution is 0.0827. The van der Waals surface area contributed by atoms with Crippen molar-refractivity contribution in [3.05, 3.63) is 46.6 Å². The summed E-state index contributed by atoms with van der Waals surface area (Å²) < 4.78 is 6.40. The Balaban J connectivity index is 2.19. The Labute approximate surface area is 125 Å². The highest BCUT2D eigenvalue weighted by Crippen LogP contribution is 2.30. The zero-order valence-electron chi connectivity index (χ0n) is 11.1. The number of carbonyl (C=O) groups excluding carboxylic acids is 1. The molecule has 0 aliphatic rings. The topological polar surface area (TPSA) is 68.5 Å². The van der Waals surface area contributed by atoms with Crippen LogP contribution in [0.15, 0.2) is 41.0 Å². The van der Waals surface area contributed by atoms with Gasteiger partial charge in [-0.2, -0.15) is 0 Å². The van der Waals surface area contributed by atoms with Gasteiger partial charge < -0.3 is 15.4 Å². The zero-order chi connectivity index (χ0) is 14.7. The first kappa shape index (κ1) is 14.3. The lowest BCUT2D eigenvalue weighted by Gasteiger charge is -2.11. The number of hydrogen-bond acceptors (Lipinski definition) is 4. The number of nitrogens with two attached hydrogens (primary N) is 1. The van der Waals surface area contributed by atoms with Crippen LogP contribution in [0.3, 0.4) is 0 Å². The third-order valence-electron chi connectivity index (χ3n) is 2.56. The fraction of sp³-hybridized carbons (Fsp3) is 0.143. The molecule has 0 bridgehead atoms. The van der Waals surface area contributed by atoms with Crippen LogP contribution in [0.2, 0.25) is 0 Å². The zero-order valence-corrected chi connectivity index (χ0v) is 12.7. The average molecular weight is 336 g/mol. The molecule has 104 valence electrons. The number of nitrogens with zero attached hydrogens (tertiary/aromatic N) is 2. The molecule has 2 aromatic rings. The normalized spacial score (nSPS) is 10.2. The van der Waals surface area contributed by atoms with E-state index in [1.807, 2.05) is 0 Å². The van der Waals surface area contributed by atoms with Gasteiger partial charge in [-0.25, -0.2) is 4.98 Å². The molecule has 1 heterocycles. The van der Waals surface area contributed by atoms with Crippen LogP contribution in [0.1, 0.15) is 10.4 Å². The lowest BCUT2D eigenvalue weighted by atomic mass is 10.2. The molecule has 2 N–H and O–H groups in total. The number of pyridine rings is 1. The number of halogens is 1. The number of hydrogen-bond donors (Lipinski definition) is 1. The van der Waals surface area contributed by atoms with Crippen LogP contribution in [0.5, 0.6) is 11.6 Å². The van der Waals surface area contributed by atoms with Crippen molar-refractivity contribution < 1.29 is 9.53 Å². The van der Waals surface area contributed by atoms with E-state index in [9.17, 15) is 4.79 Å². The van der Waals surface area contributed by atoms with E-state index in [-0.39, 0.29) is 5.91 Å². The van der Waals surface area contributed by atoms with Crippen molar-refractivity contribution in [2.24, 2.45) is 0 Å². The van der Waals surface area contributed by atoms with E-state index in [4.69, 9.17) is 10.5 Å². The smallest absolute Gasteiger partial charge is 0.254 e. The number of benzene rings is 1. The summed E-state index contributed by atoms with van der Waals surface area (Å²) in [7, 11) is 3.38. The number of nitrogen functional groups attached to an aromatic ring is 1. The maximum absolute atomic E-state index is 11.7. The molecule has 0 fully saturated rings. The third-order valence-corrected chi connectivity index (χ3v) is 3.21. The van der Waals surface area contributed by atoms with Crippen molar-refractivity contribution in [1.29, 1.82) is 0 Å². The number of ether oxygens (including phenoxy) is 1. The first-order valence-corrected chi connectivity index (χ1v) is 6.67. The van der Waals surface area contributed by atoms with Gasteiger partial charge in [0.05, 0.1) is 10.0 Å². The van der Waals surface area contributed by atoms with Gasteiger partial charge in [0.1, 0.15) is 5.75 Å². The van der Waals surface area contributed by atoms with Gasteiger partial charge in [-0.3, -0.25) is 4.79 Å². The number of rotatable bonds is 3. The molecule has 0 aliphatic heterocycles. The molecule has 20 heavy (non-hydrogen) atoms. The molecule has 0 unspecified atom stereocenters. The maximum Gasteiger partial charge on any atom is 0.254 e. The first-order valence-electron chi connectivity index (χ1n) is 5.88. The molecule has 2 rings (SSSR count). The van der Waals surface area contributed by atoms with Crippen LogP contribution in [0, 0.1) is 0 Å². The van der Waals surface area contributed by atoms with Gasteiger partial charge >= 0.3 is 0 Å². The molecule has 5 nitrogen and oxygen atoms in total. The lowest BCUT2D eigenvalue weighted by Crippen LogP contribution is -2.21. The van der Waals surface area contributed by atoms with Crippen LogP contribution < -0.4 is 10.5 Å². The Bertz CT molecular complexity index is 627. The predicted molar refractivity (Wildman–Crippen MR) is 80.9 cm³/mol. The summed E-state index contributed by atoms with van der Waals surface area (Å²) >= 11 is 3.38. The number of aromatic nitrogens is 1. The van der Waals surface area contributed by atoms with Gasteiger partial charge in [0.2, 0.25) is 5.88 Å². The highest BCUT2D eigenvalue weighted by molar-refractivity contribution is 9.10. The summed E-state index contributed by atoms with van der Waals surface area (Å²) in [4.78, 5) is 17.3. The molecule has 0 radical (unpaired) electrons. The molecule has 0 atom stereocenters. The van der Waals surface area contributed by atoms with Gasteiger partial charge in [0, 0.05) is 38.1 Å². The Morgan fingerprint density at radius 1 is 1.30 bits per heavy atom. The minimum Gasteiger partial charge on any atom is -0.438 e. The van der Waals surface area contributed by atoms with Crippen molar-refractivity contribution >= 4 is 27.5 Å². The van der Waals surface area contributed by atoms with Gasteiger partial charge in [0.15, 0.2) is 0 Å². The van der Waals surface area contributed by atoms with E-state index in [1.165, 1.54) is 11.1 Å². The van der Waals surface area contributed by atoms with Crippen molar-refractivity contribution in [1.82, 2.24) is 9.88 Å². The molecule has 0 saturated carbocycles. The van der Waals surface area contributed by atoms with Gasteiger partial charge in [0.25, 0.3) is 5.91 Å². The van der Waals surface area contributed by atoms with Crippen molar-refractivity contribution in [3.8, 4) is 11.6 Å². The second-order valence-electron chi connectivity index (χ2n) is 4.38. The van der Waals surface area contributed by atoms with E-state index in [2.05, 4.69) is 20.9 Å². The number of carbonyl (C=O) groups is 1. The summed E-state index contributed by atoms with van der Waals surface area (Å²) in [5.41, 5.74) is 6.81. The molecular weight excluding hydrogens is 322 g/mol. The quantitative estimate of drug-likeness (QED) is 0.875. The minimum absolute atomic E-state index is 0.103. The standard InChI is InChI=1S/C14H14BrN3O2/c1-18(2)14(19)9-3-6-13(17-8-9)20-12-7-10(16)4-5-11(12)15/h3-8H,16H2,1-2H3. The summed E-state index contributed by atoms with van der Waals surface area (Å²) in [6.07, 6.45) is 1.48. The second-order valence-corrected chi connectivity index (χ2v) is 5.23. The highest BCUT2D eigenvalue weighted by atomic mass is 79.9. The summed E-state index contributed by atoms with van der Waals surface area (Å²) in [5.74, 6) is 0.866. The summed E-state index contributed by atoms with van der Waals surface area (Å²) in [5, 5.41) is 0. The SMILES string of the molecule is CN(C)C(=O)c1ccc(Oc2cc(N)ccc2Br)nc1.